The van der Waals surface area contributed by atoms with Crippen molar-refractivity contribution in [3.05, 3.63) is 35.7 Å². The molecule has 0 aromatic heterocycles. The van der Waals surface area contributed by atoms with Crippen LogP contribution >= 0.6 is 0 Å². The van der Waals surface area contributed by atoms with Crippen LogP contribution in [-0.4, -0.2) is 19.7 Å². The average molecular weight is 284 g/mol. The second kappa shape index (κ2) is 9.26. The topological polar surface area (TPSA) is 94.4 Å². The normalized spacial score (nSPS) is 10.4. The first kappa shape index (κ1) is 18.3. The van der Waals surface area contributed by atoms with Crippen molar-refractivity contribution in [1.82, 2.24) is 0 Å². The van der Waals surface area contributed by atoms with E-state index in [1.807, 2.05) is 0 Å². The van der Waals surface area contributed by atoms with Gasteiger partial charge in [0, 0.05) is 0 Å². The Labute approximate surface area is 139 Å². The standard InChI is InChI=1S/C13H14N2O4.Na/c1-3-19-13(17)9(8-14)12(16)15-10-6-4-5-7-11(10)18-2;/h4-7,15-16H,3H2,1-2H3;/q;+1/p-1/b12-9+;. The molecular weight excluding hydrogens is 271 g/mol. The number of methoxy groups -OCH3 is 1. The molecule has 1 N–H and O–H groups in total. The first-order valence-electron chi connectivity index (χ1n) is 5.52. The molecule has 0 fully saturated rings. The Morgan fingerprint density at radius 1 is 1.45 bits per heavy atom. The molecule has 0 amide bonds. The van der Waals surface area contributed by atoms with Gasteiger partial charge in [-0.25, -0.2) is 4.79 Å². The number of nitrogens with zero attached hydrogens (tertiary/aromatic N) is 1. The van der Waals surface area contributed by atoms with Crippen molar-refractivity contribution in [3.63, 3.8) is 0 Å². The quantitative estimate of drug-likeness (QED) is 0.216. The van der Waals surface area contributed by atoms with Crippen molar-refractivity contribution in [2.45, 2.75) is 6.92 Å². The summed E-state index contributed by atoms with van der Waals surface area (Å²) in [5.41, 5.74) is -0.236. The van der Waals surface area contributed by atoms with Crippen LogP contribution in [0.2, 0.25) is 0 Å². The minimum absolute atomic E-state index is 0. The summed E-state index contributed by atoms with van der Waals surface area (Å²) >= 11 is 0. The van der Waals surface area contributed by atoms with E-state index < -0.39 is 17.4 Å². The van der Waals surface area contributed by atoms with Gasteiger partial charge in [0.1, 0.15) is 17.4 Å². The molecule has 0 bridgehead atoms. The Morgan fingerprint density at radius 3 is 2.65 bits per heavy atom. The average Bonchev–Trinajstić information content (AvgIpc) is 2.40. The molecule has 0 spiro atoms. The number of rotatable bonds is 5. The van der Waals surface area contributed by atoms with E-state index in [0.29, 0.717) is 11.4 Å². The van der Waals surface area contributed by atoms with Gasteiger partial charge in [-0.2, -0.15) is 5.26 Å². The smallest absolute Gasteiger partial charge is 0.859 e. The van der Waals surface area contributed by atoms with E-state index in [-0.39, 0.29) is 36.2 Å². The van der Waals surface area contributed by atoms with Gasteiger partial charge in [0.25, 0.3) is 0 Å². The van der Waals surface area contributed by atoms with Gasteiger partial charge in [-0.15, -0.1) is 0 Å². The van der Waals surface area contributed by atoms with Crippen LogP contribution in [0.1, 0.15) is 6.92 Å². The van der Waals surface area contributed by atoms with Gasteiger partial charge in [-0.05, 0) is 24.9 Å². The number of nitrogens with one attached hydrogen (secondary N) is 1. The Kier molecular flexibility index (Phi) is 8.48. The fraction of sp³-hybridized carbons (Fsp3) is 0.231. The minimum Gasteiger partial charge on any atom is -0.859 e. The molecule has 0 aliphatic carbocycles. The number of hydrogen-bond donors (Lipinski definition) is 1. The van der Waals surface area contributed by atoms with Gasteiger partial charge >= 0.3 is 35.5 Å². The van der Waals surface area contributed by atoms with Crippen LogP contribution in [0.25, 0.3) is 0 Å². The molecule has 6 nitrogen and oxygen atoms in total. The molecule has 0 saturated heterocycles. The zero-order valence-electron chi connectivity index (χ0n) is 11.6. The maximum Gasteiger partial charge on any atom is 1.00 e. The molecule has 1 rings (SSSR count). The SMILES string of the molecule is CCOC(=O)/C(C#N)=C(/[O-])Nc1ccccc1OC.[Na+]. The van der Waals surface area contributed by atoms with E-state index in [0.717, 1.165) is 0 Å². The number of carbonyl (C=O) groups excluding carboxylic acids is 1. The van der Waals surface area contributed by atoms with Crippen molar-refractivity contribution in [2.24, 2.45) is 0 Å². The zero-order chi connectivity index (χ0) is 14.3. The van der Waals surface area contributed by atoms with E-state index in [2.05, 4.69) is 10.1 Å². The summed E-state index contributed by atoms with van der Waals surface area (Å²) in [6, 6.07) is 8.19. The van der Waals surface area contributed by atoms with E-state index in [1.165, 1.54) is 13.2 Å². The Bertz CT molecular complexity index is 537. The Morgan fingerprint density at radius 2 is 2.10 bits per heavy atom. The first-order valence-corrected chi connectivity index (χ1v) is 5.52. The second-order valence-electron chi connectivity index (χ2n) is 3.36. The number of esters is 1. The van der Waals surface area contributed by atoms with Gasteiger partial charge < -0.3 is 19.9 Å². The van der Waals surface area contributed by atoms with E-state index >= 15 is 0 Å². The van der Waals surface area contributed by atoms with Crippen LogP contribution in [0.4, 0.5) is 5.69 Å². The van der Waals surface area contributed by atoms with E-state index in [1.54, 1.807) is 31.2 Å². The van der Waals surface area contributed by atoms with Crippen molar-refractivity contribution in [3.8, 4) is 11.8 Å². The molecule has 0 radical (unpaired) electrons. The van der Waals surface area contributed by atoms with Crippen LogP contribution in [-0.2, 0) is 9.53 Å². The number of anilines is 1. The maximum atomic E-state index is 11.8. The summed E-state index contributed by atoms with van der Waals surface area (Å²) < 4.78 is 9.66. The molecule has 0 aliphatic rings. The van der Waals surface area contributed by atoms with Gasteiger partial charge in [0.05, 0.1) is 19.4 Å². The molecular formula is C13H13N2NaO4. The number of hydrogen-bond acceptors (Lipinski definition) is 6. The molecule has 1 aromatic carbocycles. The van der Waals surface area contributed by atoms with Gasteiger partial charge in [0.2, 0.25) is 0 Å². The summed E-state index contributed by atoms with van der Waals surface area (Å²) in [5.74, 6) is -1.35. The fourth-order valence-electron chi connectivity index (χ4n) is 1.33. The third-order valence-electron chi connectivity index (χ3n) is 2.17. The number of carbonyl (C=O) groups is 1. The van der Waals surface area contributed by atoms with Gasteiger partial charge in [-0.3, -0.25) is 0 Å². The first-order chi connectivity index (χ1) is 9.13. The number of para-hydroxylation sites is 2. The molecule has 0 aliphatic heterocycles. The van der Waals surface area contributed by atoms with Crippen molar-refractivity contribution < 1.29 is 48.9 Å². The summed E-state index contributed by atoms with van der Waals surface area (Å²) in [7, 11) is 1.45. The predicted octanol–water partition coefficient (Wildman–Crippen LogP) is -2.23. The van der Waals surface area contributed by atoms with Crippen molar-refractivity contribution >= 4 is 11.7 Å². The summed E-state index contributed by atoms with van der Waals surface area (Å²) in [4.78, 5) is 11.4. The summed E-state index contributed by atoms with van der Waals surface area (Å²) in [5, 5.41) is 23.0. The number of ether oxygens (including phenoxy) is 2. The predicted molar refractivity (Wildman–Crippen MR) is 65.9 cm³/mol. The van der Waals surface area contributed by atoms with Crippen molar-refractivity contribution in [1.29, 1.82) is 5.26 Å². The maximum absolute atomic E-state index is 11.8. The molecule has 0 unspecified atom stereocenters. The summed E-state index contributed by atoms with van der Waals surface area (Å²) in [6.07, 6.45) is 0. The fourth-order valence-corrected chi connectivity index (χ4v) is 1.33. The molecule has 0 heterocycles. The van der Waals surface area contributed by atoms with Gasteiger partial charge in [-0.1, -0.05) is 12.1 Å². The molecule has 0 saturated carbocycles. The monoisotopic (exact) mass is 284 g/mol. The Hall–Kier alpha value is -1.68. The third kappa shape index (κ3) is 4.78. The van der Waals surface area contributed by atoms with Crippen LogP contribution in [0.5, 0.6) is 5.75 Å². The van der Waals surface area contributed by atoms with Crippen molar-refractivity contribution in [2.75, 3.05) is 19.0 Å². The molecule has 1 aromatic rings. The molecule has 7 heteroatoms. The third-order valence-corrected chi connectivity index (χ3v) is 2.17. The number of benzene rings is 1. The second-order valence-corrected chi connectivity index (χ2v) is 3.36. The van der Waals surface area contributed by atoms with E-state index in [9.17, 15) is 9.90 Å². The zero-order valence-corrected chi connectivity index (χ0v) is 13.6. The molecule has 20 heavy (non-hydrogen) atoms. The van der Waals surface area contributed by atoms with E-state index in [4.69, 9.17) is 10.00 Å². The summed E-state index contributed by atoms with van der Waals surface area (Å²) in [6.45, 7) is 1.68. The van der Waals surface area contributed by atoms with Crippen LogP contribution in [0.3, 0.4) is 0 Å². The minimum atomic E-state index is -0.947. The van der Waals surface area contributed by atoms with Gasteiger partial charge in [0.15, 0.2) is 0 Å². The molecule has 0 atom stereocenters. The van der Waals surface area contributed by atoms with Crippen LogP contribution in [0, 0.1) is 11.3 Å². The Balaban J connectivity index is 0.00000361. The van der Waals surface area contributed by atoms with Crippen LogP contribution in [0.15, 0.2) is 35.7 Å². The molecule has 100 valence electrons. The number of nitriles is 1. The van der Waals surface area contributed by atoms with Crippen LogP contribution < -0.4 is 44.7 Å². The largest absolute Gasteiger partial charge is 1.00 e.